The quantitative estimate of drug-likeness (QED) is 0.135. The van der Waals surface area contributed by atoms with Crippen LogP contribution in [0.15, 0.2) is 0 Å². The highest BCUT2D eigenvalue weighted by Gasteiger charge is 2.37. The zero-order valence-electron chi connectivity index (χ0n) is 22.0. The van der Waals surface area contributed by atoms with Crippen molar-refractivity contribution in [2.24, 2.45) is 11.8 Å². The van der Waals surface area contributed by atoms with E-state index in [-0.39, 0.29) is 12.1 Å². The zero-order chi connectivity index (χ0) is 24.2. The minimum absolute atomic E-state index is 0.0333. The molecule has 1 N–H and O–H groups in total. The van der Waals surface area contributed by atoms with E-state index in [0.717, 1.165) is 38.5 Å². The van der Waals surface area contributed by atoms with E-state index in [0.29, 0.717) is 12.8 Å². The first-order valence-electron chi connectivity index (χ1n) is 14.5. The Labute approximate surface area is 204 Å². The van der Waals surface area contributed by atoms with Crippen LogP contribution >= 0.6 is 0 Å². The van der Waals surface area contributed by atoms with Crippen LogP contribution in [0, 0.1) is 11.8 Å². The van der Waals surface area contributed by atoms with Crippen molar-refractivity contribution in [1.29, 1.82) is 0 Å². The topological polar surface area (TPSA) is 63.6 Å². The first-order valence-corrected chi connectivity index (χ1v) is 14.5. The van der Waals surface area contributed by atoms with Crippen LogP contribution in [-0.4, -0.2) is 23.1 Å². The number of ether oxygens (including phenoxy) is 1. The number of carbonyl (C=O) groups excluding carboxylic acids is 1. The smallest absolute Gasteiger partial charge is 0.310 e. The highest BCUT2D eigenvalue weighted by molar-refractivity contribution is 5.81. The summed E-state index contributed by atoms with van der Waals surface area (Å²) in [5.41, 5.74) is 0. The molecule has 0 aromatic carbocycles. The number of esters is 1. The lowest BCUT2D eigenvalue weighted by atomic mass is 9.79. The van der Waals surface area contributed by atoms with E-state index in [9.17, 15) is 14.7 Å². The number of carbonyl (C=O) groups is 2. The lowest BCUT2D eigenvalue weighted by Crippen LogP contribution is -2.35. The van der Waals surface area contributed by atoms with E-state index >= 15 is 0 Å². The van der Waals surface area contributed by atoms with Gasteiger partial charge in [0.2, 0.25) is 0 Å². The Bertz CT molecular complexity index is 490. The maximum absolute atomic E-state index is 12.9. The Morgan fingerprint density at radius 2 is 1.06 bits per heavy atom. The Hall–Kier alpha value is -1.06. The summed E-state index contributed by atoms with van der Waals surface area (Å²) in [6.07, 6.45) is 25.5. The van der Waals surface area contributed by atoms with Gasteiger partial charge in [-0.3, -0.25) is 9.59 Å². The van der Waals surface area contributed by atoms with Crippen molar-refractivity contribution in [2.45, 2.75) is 161 Å². The summed E-state index contributed by atoms with van der Waals surface area (Å²) < 4.78 is 5.97. The fraction of sp³-hybridized carbons (Fsp3) is 0.931. The summed E-state index contributed by atoms with van der Waals surface area (Å²) in [6.45, 7) is 4.49. The summed E-state index contributed by atoms with van der Waals surface area (Å²) in [5.74, 6) is -2.09. The number of unbranched alkanes of at least 4 members (excludes halogenated alkanes) is 14. The van der Waals surface area contributed by atoms with E-state index in [2.05, 4.69) is 13.8 Å². The van der Waals surface area contributed by atoms with Gasteiger partial charge >= 0.3 is 11.9 Å². The molecule has 4 heteroatoms. The molecule has 1 aliphatic carbocycles. The van der Waals surface area contributed by atoms with Gasteiger partial charge in [0.1, 0.15) is 6.10 Å². The molecule has 0 aromatic rings. The molecule has 3 unspecified atom stereocenters. The first kappa shape index (κ1) is 30.0. The molecule has 3 atom stereocenters. The van der Waals surface area contributed by atoms with Crippen molar-refractivity contribution in [1.82, 2.24) is 0 Å². The molecule has 1 aliphatic rings. The van der Waals surface area contributed by atoms with Gasteiger partial charge in [0.05, 0.1) is 11.8 Å². The predicted molar refractivity (Wildman–Crippen MR) is 137 cm³/mol. The highest BCUT2D eigenvalue weighted by Crippen LogP contribution is 2.32. The second kappa shape index (κ2) is 20.3. The fourth-order valence-corrected chi connectivity index (χ4v) is 5.23. The molecular weight excluding hydrogens is 412 g/mol. The van der Waals surface area contributed by atoms with Gasteiger partial charge < -0.3 is 9.84 Å². The lowest BCUT2D eigenvalue weighted by molar-refractivity contribution is -0.164. The van der Waals surface area contributed by atoms with Gasteiger partial charge in [-0.1, -0.05) is 117 Å². The van der Waals surface area contributed by atoms with E-state index in [1.807, 2.05) is 0 Å². The number of carboxylic acid groups (broad SMARTS) is 1. The molecule has 1 fully saturated rings. The Kier molecular flexibility index (Phi) is 18.5. The molecule has 0 saturated heterocycles. The number of hydrogen-bond donors (Lipinski definition) is 1. The SMILES string of the molecule is CCCCCCCCCCCCCC(CCCCCCC)OC(=O)C1CCCCC1C(=O)O. The molecule has 0 radical (unpaired) electrons. The summed E-state index contributed by atoms with van der Waals surface area (Å²) in [4.78, 5) is 24.5. The van der Waals surface area contributed by atoms with Crippen LogP contribution in [0.5, 0.6) is 0 Å². The average molecular weight is 467 g/mol. The number of carboxylic acids is 1. The second-order valence-electron chi connectivity index (χ2n) is 10.4. The third-order valence-corrected chi connectivity index (χ3v) is 7.43. The standard InChI is InChI=1S/C29H54O4/c1-3-5-7-9-10-11-12-13-14-16-18-22-25(21-17-15-8-6-4-2)33-29(32)27-24-20-19-23-26(27)28(30)31/h25-27H,3-24H2,1-2H3,(H,30,31). The molecule has 1 rings (SSSR count). The zero-order valence-corrected chi connectivity index (χ0v) is 22.0. The normalized spacial score (nSPS) is 19.3. The second-order valence-corrected chi connectivity index (χ2v) is 10.4. The van der Waals surface area contributed by atoms with E-state index in [4.69, 9.17) is 4.74 Å². The van der Waals surface area contributed by atoms with Gasteiger partial charge in [-0.05, 0) is 38.5 Å². The van der Waals surface area contributed by atoms with Crippen LogP contribution in [0.25, 0.3) is 0 Å². The predicted octanol–water partition coefficient (Wildman–Crippen LogP) is 8.85. The monoisotopic (exact) mass is 466 g/mol. The van der Waals surface area contributed by atoms with Gasteiger partial charge in [0.15, 0.2) is 0 Å². The highest BCUT2D eigenvalue weighted by atomic mass is 16.5. The molecule has 0 heterocycles. The van der Waals surface area contributed by atoms with Gasteiger partial charge in [0.25, 0.3) is 0 Å². The maximum atomic E-state index is 12.9. The van der Waals surface area contributed by atoms with Crippen molar-refractivity contribution < 1.29 is 19.4 Å². The molecular formula is C29H54O4. The third kappa shape index (κ3) is 14.7. The van der Waals surface area contributed by atoms with Crippen molar-refractivity contribution in [3.63, 3.8) is 0 Å². The molecule has 194 valence electrons. The Morgan fingerprint density at radius 3 is 1.48 bits per heavy atom. The van der Waals surface area contributed by atoms with Crippen molar-refractivity contribution in [3.05, 3.63) is 0 Å². The Balaban J connectivity index is 2.33. The molecule has 4 nitrogen and oxygen atoms in total. The van der Waals surface area contributed by atoms with Crippen LogP contribution in [-0.2, 0) is 14.3 Å². The van der Waals surface area contributed by atoms with E-state index < -0.39 is 17.8 Å². The molecule has 33 heavy (non-hydrogen) atoms. The van der Waals surface area contributed by atoms with Gasteiger partial charge in [0, 0.05) is 0 Å². The molecule has 1 saturated carbocycles. The van der Waals surface area contributed by atoms with Crippen LogP contribution in [0.2, 0.25) is 0 Å². The largest absolute Gasteiger partial charge is 0.481 e. The minimum atomic E-state index is -0.835. The summed E-state index contributed by atoms with van der Waals surface area (Å²) in [5, 5.41) is 9.52. The van der Waals surface area contributed by atoms with Crippen LogP contribution in [0.1, 0.15) is 155 Å². The van der Waals surface area contributed by atoms with Gasteiger partial charge in [-0.25, -0.2) is 0 Å². The maximum Gasteiger partial charge on any atom is 0.310 e. The summed E-state index contributed by atoms with van der Waals surface area (Å²) in [7, 11) is 0. The van der Waals surface area contributed by atoms with Crippen LogP contribution in [0.3, 0.4) is 0 Å². The number of hydrogen-bond acceptors (Lipinski definition) is 3. The van der Waals surface area contributed by atoms with Gasteiger partial charge in [-0.15, -0.1) is 0 Å². The average Bonchev–Trinajstić information content (AvgIpc) is 2.82. The first-order chi connectivity index (χ1) is 16.1. The van der Waals surface area contributed by atoms with Crippen molar-refractivity contribution in [2.75, 3.05) is 0 Å². The number of rotatable bonds is 21. The lowest BCUT2D eigenvalue weighted by Gasteiger charge is -2.29. The van der Waals surface area contributed by atoms with Crippen molar-refractivity contribution >= 4 is 11.9 Å². The molecule has 0 aromatic heterocycles. The molecule has 0 spiro atoms. The van der Waals surface area contributed by atoms with Gasteiger partial charge in [-0.2, -0.15) is 0 Å². The van der Waals surface area contributed by atoms with Crippen molar-refractivity contribution in [3.8, 4) is 0 Å². The summed E-state index contributed by atoms with van der Waals surface area (Å²) >= 11 is 0. The Morgan fingerprint density at radius 1 is 0.667 bits per heavy atom. The molecule has 0 aliphatic heterocycles. The van der Waals surface area contributed by atoms with Crippen LogP contribution in [0.4, 0.5) is 0 Å². The van der Waals surface area contributed by atoms with Crippen LogP contribution < -0.4 is 0 Å². The fourth-order valence-electron chi connectivity index (χ4n) is 5.23. The van der Waals surface area contributed by atoms with E-state index in [1.54, 1.807) is 0 Å². The molecule has 0 bridgehead atoms. The number of aliphatic carboxylic acids is 1. The summed E-state index contributed by atoms with van der Waals surface area (Å²) in [6, 6.07) is 0. The molecule has 0 amide bonds. The van der Waals surface area contributed by atoms with E-state index in [1.165, 1.54) is 89.9 Å². The third-order valence-electron chi connectivity index (χ3n) is 7.43. The minimum Gasteiger partial charge on any atom is -0.481 e.